The molecular weight excluding hydrogens is 256 g/mol. The van der Waals surface area contributed by atoms with Crippen molar-refractivity contribution >= 4 is 11.9 Å². The molecule has 1 aromatic carbocycles. The summed E-state index contributed by atoms with van der Waals surface area (Å²) in [5, 5.41) is 26.5. The van der Waals surface area contributed by atoms with Gasteiger partial charge in [-0.1, -0.05) is 12.1 Å². The monoisotopic (exact) mass is 270 g/mol. The highest BCUT2D eigenvalue weighted by Crippen LogP contribution is 2.13. The van der Waals surface area contributed by atoms with Crippen LogP contribution in [-0.2, 0) is 20.9 Å². The van der Waals surface area contributed by atoms with E-state index in [1.165, 1.54) is 7.11 Å². The minimum absolute atomic E-state index is 0.134. The fourth-order valence-corrected chi connectivity index (χ4v) is 1.33. The van der Waals surface area contributed by atoms with E-state index in [9.17, 15) is 14.7 Å². The first-order valence-electron chi connectivity index (χ1n) is 5.34. The molecule has 19 heavy (non-hydrogen) atoms. The van der Waals surface area contributed by atoms with Gasteiger partial charge in [-0.2, -0.15) is 0 Å². The van der Waals surface area contributed by atoms with E-state index in [2.05, 4.69) is 0 Å². The molecule has 0 amide bonds. The third-order valence-electron chi connectivity index (χ3n) is 2.37. The second-order valence-electron chi connectivity index (χ2n) is 3.70. The number of methoxy groups -OCH3 is 1. The van der Waals surface area contributed by atoms with Crippen molar-refractivity contribution in [2.75, 3.05) is 7.11 Å². The predicted molar refractivity (Wildman–Crippen MR) is 62.8 cm³/mol. The van der Waals surface area contributed by atoms with Crippen molar-refractivity contribution in [3.63, 3.8) is 0 Å². The smallest absolute Gasteiger partial charge is 0.336 e. The van der Waals surface area contributed by atoms with Crippen molar-refractivity contribution in [1.82, 2.24) is 0 Å². The van der Waals surface area contributed by atoms with E-state index in [0.717, 1.165) is 0 Å². The van der Waals surface area contributed by atoms with Crippen molar-refractivity contribution < 1.29 is 34.4 Å². The minimum atomic E-state index is -2.12. The van der Waals surface area contributed by atoms with Crippen LogP contribution in [0.15, 0.2) is 24.3 Å². The number of ether oxygens (including phenoxy) is 2. The normalized spacial score (nSPS) is 13.6. The van der Waals surface area contributed by atoms with E-state index < -0.39 is 24.1 Å². The van der Waals surface area contributed by atoms with Gasteiger partial charge in [0.1, 0.15) is 5.75 Å². The third-order valence-corrected chi connectivity index (χ3v) is 2.37. The van der Waals surface area contributed by atoms with Gasteiger partial charge in [-0.15, -0.1) is 0 Å². The molecule has 3 N–H and O–H groups in total. The molecule has 0 aliphatic carbocycles. The fraction of sp³-hybridized carbons (Fsp3) is 0.333. The van der Waals surface area contributed by atoms with Crippen LogP contribution in [0, 0.1) is 0 Å². The summed E-state index contributed by atoms with van der Waals surface area (Å²) in [7, 11) is 1.51. The van der Waals surface area contributed by atoms with E-state index >= 15 is 0 Å². The maximum Gasteiger partial charge on any atom is 0.336 e. The van der Waals surface area contributed by atoms with Crippen molar-refractivity contribution in [2.45, 2.75) is 18.8 Å². The van der Waals surface area contributed by atoms with E-state index in [1.807, 2.05) is 0 Å². The lowest BCUT2D eigenvalue weighted by Gasteiger charge is -2.16. The number of hydrogen-bond donors (Lipinski definition) is 3. The molecule has 1 rings (SSSR count). The van der Waals surface area contributed by atoms with Crippen LogP contribution in [0.1, 0.15) is 5.56 Å². The van der Waals surface area contributed by atoms with Crippen LogP contribution in [-0.4, -0.2) is 46.6 Å². The molecule has 0 saturated carbocycles. The van der Waals surface area contributed by atoms with Crippen LogP contribution < -0.4 is 4.74 Å². The van der Waals surface area contributed by atoms with E-state index in [4.69, 9.17) is 19.7 Å². The van der Waals surface area contributed by atoms with E-state index in [-0.39, 0.29) is 6.61 Å². The summed E-state index contributed by atoms with van der Waals surface area (Å²) in [6, 6.07) is 6.60. The SMILES string of the molecule is COc1ccc(CO[C@@H](C(=O)O)[C@@H](O)C(=O)O)cc1. The van der Waals surface area contributed by atoms with E-state index in [1.54, 1.807) is 24.3 Å². The summed E-state index contributed by atoms with van der Waals surface area (Å²) in [6.07, 6.45) is -3.93. The molecule has 7 heteroatoms. The van der Waals surface area contributed by atoms with Gasteiger partial charge in [-0.25, -0.2) is 9.59 Å². The minimum Gasteiger partial charge on any atom is -0.497 e. The van der Waals surface area contributed by atoms with Gasteiger partial charge in [0.25, 0.3) is 0 Å². The largest absolute Gasteiger partial charge is 0.497 e. The molecule has 0 radical (unpaired) electrons. The second kappa shape index (κ2) is 6.72. The first kappa shape index (κ1) is 14.9. The number of carboxylic acid groups (broad SMARTS) is 2. The zero-order valence-corrected chi connectivity index (χ0v) is 10.1. The third kappa shape index (κ3) is 4.23. The number of aliphatic carboxylic acids is 2. The molecule has 0 aliphatic heterocycles. The zero-order chi connectivity index (χ0) is 14.4. The second-order valence-corrected chi connectivity index (χ2v) is 3.70. The van der Waals surface area contributed by atoms with Crippen LogP contribution in [0.2, 0.25) is 0 Å². The number of carboxylic acids is 2. The lowest BCUT2D eigenvalue weighted by atomic mass is 10.2. The summed E-state index contributed by atoms with van der Waals surface area (Å²) < 4.78 is 9.87. The summed E-state index contributed by atoms with van der Waals surface area (Å²) in [6.45, 7) is -0.134. The van der Waals surface area contributed by atoms with Crippen LogP contribution in [0.3, 0.4) is 0 Å². The molecule has 1 aromatic rings. The van der Waals surface area contributed by atoms with Crippen LogP contribution >= 0.6 is 0 Å². The Kier molecular flexibility index (Phi) is 5.28. The summed E-state index contributed by atoms with van der Waals surface area (Å²) in [5.41, 5.74) is 0.629. The molecule has 0 aliphatic rings. The predicted octanol–water partition coefficient (Wildman–Crippen LogP) is 0.110. The first-order chi connectivity index (χ1) is 8.95. The van der Waals surface area contributed by atoms with Gasteiger partial charge in [-0.05, 0) is 17.7 Å². The molecule has 0 saturated heterocycles. The highest BCUT2D eigenvalue weighted by molar-refractivity contribution is 5.83. The van der Waals surface area contributed by atoms with Gasteiger partial charge in [0, 0.05) is 0 Å². The van der Waals surface area contributed by atoms with Crippen molar-refractivity contribution in [2.24, 2.45) is 0 Å². The Morgan fingerprint density at radius 1 is 1.16 bits per heavy atom. The van der Waals surface area contributed by atoms with Gasteiger partial charge in [0.15, 0.2) is 12.2 Å². The van der Waals surface area contributed by atoms with Crippen molar-refractivity contribution in [3.05, 3.63) is 29.8 Å². The molecule has 0 bridgehead atoms. The zero-order valence-electron chi connectivity index (χ0n) is 10.1. The van der Waals surface area contributed by atoms with Gasteiger partial charge < -0.3 is 24.8 Å². The average molecular weight is 270 g/mol. The lowest BCUT2D eigenvalue weighted by Crippen LogP contribution is -2.41. The highest BCUT2D eigenvalue weighted by atomic mass is 16.5. The van der Waals surface area contributed by atoms with Crippen LogP contribution in [0.5, 0.6) is 5.75 Å². The van der Waals surface area contributed by atoms with Gasteiger partial charge in [-0.3, -0.25) is 0 Å². The molecule has 2 atom stereocenters. The summed E-state index contributed by atoms with van der Waals surface area (Å²) >= 11 is 0. The number of carbonyl (C=O) groups is 2. The number of hydrogen-bond acceptors (Lipinski definition) is 5. The number of rotatable bonds is 7. The summed E-state index contributed by atoms with van der Waals surface area (Å²) in [5.74, 6) is -2.56. The Morgan fingerprint density at radius 3 is 2.16 bits per heavy atom. The Balaban J connectivity index is 2.65. The highest BCUT2D eigenvalue weighted by Gasteiger charge is 2.32. The standard InChI is InChI=1S/C12H14O7/c1-18-8-4-2-7(3-5-8)6-19-10(12(16)17)9(13)11(14)15/h2-5,9-10,13H,6H2,1H3,(H,14,15)(H,16,17)/t9-,10-/m1/s1. The topological polar surface area (TPSA) is 113 Å². The molecule has 0 spiro atoms. The van der Waals surface area contributed by atoms with Gasteiger partial charge >= 0.3 is 11.9 Å². The van der Waals surface area contributed by atoms with Gasteiger partial charge in [0.2, 0.25) is 0 Å². The van der Waals surface area contributed by atoms with E-state index in [0.29, 0.717) is 11.3 Å². The van der Waals surface area contributed by atoms with Crippen molar-refractivity contribution in [1.29, 1.82) is 0 Å². The quantitative estimate of drug-likeness (QED) is 0.644. The molecule has 0 heterocycles. The molecule has 0 unspecified atom stereocenters. The maximum atomic E-state index is 10.8. The number of aliphatic hydroxyl groups is 1. The maximum absolute atomic E-state index is 10.8. The first-order valence-corrected chi connectivity index (χ1v) is 5.34. The molecule has 104 valence electrons. The molecule has 0 aromatic heterocycles. The Bertz CT molecular complexity index is 440. The Morgan fingerprint density at radius 2 is 1.74 bits per heavy atom. The summed E-state index contributed by atoms with van der Waals surface area (Å²) in [4.78, 5) is 21.3. The average Bonchev–Trinajstić information content (AvgIpc) is 2.39. The van der Waals surface area contributed by atoms with Crippen LogP contribution in [0.25, 0.3) is 0 Å². The lowest BCUT2D eigenvalue weighted by molar-refractivity contribution is -0.172. The van der Waals surface area contributed by atoms with Crippen molar-refractivity contribution in [3.8, 4) is 5.75 Å². The van der Waals surface area contributed by atoms with Gasteiger partial charge in [0.05, 0.1) is 13.7 Å². The number of benzene rings is 1. The Hall–Kier alpha value is -2.12. The van der Waals surface area contributed by atoms with Crippen LogP contribution in [0.4, 0.5) is 0 Å². The number of aliphatic hydroxyl groups excluding tert-OH is 1. The Labute approximate surface area is 109 Å². The molecular formula is C12H14O7. The molecule has 7 nitrogen and oxygen atoms in total. The molecule has 0 fully saturated rings. The fourth-order valence-electron chi connectivity index (χ4n) is 1.33.